The van der Waals surface area contributed by atoms with Crippen molar-refractivity contribution in [3.63, 3.8) is 0 Å². The number of ether oxygens (including phenoxy) is 2. The Morgan fingerprint density at radius 2 is 2.09 bits per heavy atom. The molecule has 1 aromatic carbocycles. The van der Waals surface area contributed by atoms with E-state index in [2.05, 4.69) is 10.2 Å². The number of benzene rings is 1. The number of hydrogen-bond acceptors (Lipinski definition) is 5. The molecule has 118 valence electrons. The first kappa shape index (κ1) is 13.8. The monoisotopic (exact) mass is 304 g/mol. The molecule has 4 aliphatic rings. The van der Waals surface area contributed by atoms with Gasteiger partial charge >= 0.3 is 0 Å². The Morgan fingerprint density at radius 1 is 1.27 bits per heavy atom. The minimum absolute atomic E-state index is 0.0924. The maximum absolute atomic E-state index is 12.5. The largest absolute Gasteiger partial charge is 0.483 e. The van der Waals surface area contributed by atoms with Gasteiger partial charge in [-0.05, 0) is 50.0 Å². The predicted octanol–water partition coefficient (Wildman–Crippen LogP) is 0.600. The summed E-state index contributed by atoms with van der Waals surface area (Å²) in [7, 11) is 0. The lowest BCUT2D eigenvalue weighted by molar-refractivity contribution is -0.0670. The second-order valence-electron chi connectivity index (χ2n) is 6.26. The van der Waals surface area contributed by atoms with Crippen molar-refractivity contribution in [1.29, 1.82) is 0 Å². The SMILES string of the molecule is O=C(N[C@H]1CN2CCC1CC2)c1ccc2c(c1)OC(O)CO2. The van der Waals surface area contributed by atoms with Crippen LogP contribution in [-0.4, -0.2) is 54.5 Å². The lowest BCUT2D eigenvalue weighted by Gasteiger charge is -2.44. The molecular weight excluding hydrogens is 284 g/mol. The Hall–Kier alpha value is -1.79. The van der Waals surface area contributed by atoms with E-state index in [1.807, 2.05) is 0 Å². The Bertz CT molecular complexity index is 584. The van der Waals surface area contributed by atoms with Gasteiger partial charge in [-0.25, -0.2) is 0 Å². The highest BCUT2D eigenvalue weighted by molar-refractivity contribution is 5.95. The smallest absolute Gasteiger partial charge is 0.251 e. The molecule has 0 aromatic heterocycles. The lowest BCUT2D eigenvalue weighted by Crippen LogP contribution is -2.57. The van der Waals surface area contributed by atoms with Crippen molar-refractivity contribution in [2.24, 2.45) is 5.92 Å². The number of carbonyl (C=O) groups excluding carboxylic acids is 1. The van der Waals surface area contributed by atoms with Gasteiger partial charge in [0, 0.05) is 18.2 Å². The van der Waals surface area contributed by atoms with Crippen molar-refractivity contribution >= 4 is 5.91 Å². The zero-order valence-electron chi connectivity index (χ0n) is 12.3. The highest BCUT2D eigenvalue weighted by atomic mass is 16.7. The summed E-state index contributed by atoms with van der Waals surface area (Å²) >= 11 is 0. The van der Waals surface area contributed by atoms with Gasteiger partial charge in [-0.2, -0.15) is 0 Å². The molecule has 6 heteroatoms. The number of aliphatic hydroxyl groups excluding tert-OH is 1. The van der Waals surface area contributed by atoms with Gasteiger partial charge in [-0.3, -0.25) is 4.79 Å². The molecule has 4 aliphatic heterocycles. The molecule has 0 radical (unpaired) electrons. The molecule has 0 spiro atoms. The van der Waals surface area contributed by atoms with Crippen molar-refractivity contribution in [2.75, 3.05) is 26.2 Å². The average molecular weight is 304 g/mol. The summed E-state index contributed by atoms with van der Waals surface area (Å²) in [6.07, 6.45) is 1.35. The van der Waals surface area contributed by atoms with E-state index in [1.165, 1.54) is 0 Å². The van der Waals surface area contributed by atoms with Crippen molar-refractivity contribution in [3.8, 4) is 11.5 Å². The van der Waals surface area contributed by atoms with Crippen LogP contribution in [0.4, 0.5) is 0 Å². The quantitative estimate of drug-likeness (QED) is 0.837. The van der Waals surface area contributed by atoms with Gasteiger partial charge in [-0.15, -0.1) is 0 Å². The summed E-state index contributed by atoms with van der Waals surface area (Å²) in [5.41, 5.74) is 0.535. The minimum Gasteiger partial charge on any atom is -0.483 e. The molecular formula is C16H20N2O4. The van der Waals surface area contributed by atoms with Gasteiger partial charge in [0.1, 0.15) is 0 Å². The van der Waals surface area contributed by atoms with Crippen LogP contribution in [0.3, 0.4) is 0 Å². The Balaban J connectivity index is 1.47. The molecule has 2 N–H and O–H groups in total. The second kappa shape index (κ2) is 5.44. The van der Waals surface area contributed by atoms with Crippen LogP contribution >= 0.6 is 0 Å². The molecule has 3 saturated heterocycles. The number of nitrogens with zero attached hydrogens (tertiary/aromatic N) is 1. The van der Waals surface area contributed by atoms with Gasteiger partial charge in [0.15, 0.2) is 18.1 Å². The summed E-state index contributed by atoms with van der Waals surface area (Å²) < 4.78 is 10.7. The molecule has 0 saturated carbocycles. The van der Waals surface area contributed by atoms with E-state index < -0.39 is 6.29 Å². The third-order valence-electron chi connectivity index (χ3n) is 4.82. The molecule has 22 heavy (non-hydrogen) atoms. The van der Waals surface area contributed by atoms with Gasteiger partial charge in [0.05, 0.1) is 0 Å². The Morgan fingerprint density at radius 3 is 2.82 bits per heavy atom. The molecule has 5 rings (SSSR count). The highest BCUT2D eigenvalue weighted by Crippen LogP contribution is 2.32. The third kappa shape index (κ3) is 2.53. The number of piperidine rings is 3. The number of fused-ring (bicyclic) bond motifs is 4. The Labute approximate surface area is 129 Å². The predicted molar refractivity (Wildman–Crippen MR) is 79.0 cm³/mol. The van der Waals surface area contributed by atoms with E-state index in [0.29, 0.717) is 23.0 Å². The van der Waals surface area contributed by atoms with Crippen LogP contribution in [0.15, 0.2) is 18.2 Å². The summed E-state index contributed by atoms with van der Waals surface area (Å²) in [6, 6.07) is 5.31. The van der Waals surface area contributed by atoms with Crippen LogP contribution < -0.4 is 14.8 Å². The van der Waals surface area contributed by atoms with Crippen molar-refractivity contribution in [1.82, 2.24) is 10.2 Å². The van der Waals surface area contributed by atoms with Crippen LogP contribution in [0, 0.1) is 5.92 Å². The van der Waals surface area contributed by atoms with Crippen molar-refractivity contribution in [2.45, 2.75) is 25.2 Å². The molecule has 1 unspecified atom stereocenters. The molecule has 6 nitrogen and oxygen atoms in total. The number of amides is 1. The van der Waals surface area contributed by atoms with E-state index in [9.17, 15) is 9.90 Å². The maximum Gasteiger partial charge on any atom is 0.251 e. The molecule has 2 bridgehead atoms. The minimum atomic E-state index is -0.979. The van der Waals surface area contributed by atoms with Crippen LogP contribution in [0.5, 0.6) is 11.5 Å². The lowest BCUT2D eigenvalue weighted by atomic mass is 9.84. The standard InChI is InChI=1S/C16H20N2O4/c19-15-9-21-13-2-1-11(7-14(13)22-15)16(20)17-12-8-18-5-3-10(12)4-6-18/h1-2,7,10,12,15,19H,3-6,8-9H2,(H,17,20)/t12-,15?/m0/s1. The first-order valence-corrected chi connectivity index (χ1v) is 7.84. The number of rotatable bonds is 2. The van der Waals surface area contributed by atoms with Crippen molar-refractivity contribution < 1.29 is 19.4 Å². The Kier molecular flexibility index (Phi) is 3.43. The first-order valence-electron chi connectivity index (χ1n) is 7.84. The number of hydrogen-bond donors (Lipinski definition) is 2. The summed E-state index contributed by atoms with van der Waals surface area (Å²) in [6.45, 7) is 3.36. The second-order valence-corrected chi connectivity index (χ2v) is 6.26. The van der Waals surface area contributed by atoms with E-state index in [1.54, 1.807) is 18.2 Å². The van der Waals surface area contributed by atoms with Crippen LogP contribution in [0.1, 0.15) is 23.2 Å². The molecule has 4 heterocycles. The molecule has 2 atom stereocenters. The van der Waals surface area contributed by atoms with Gasteiger partial charge in [0.25, 0.3) is 5.91 Å². The average Bonchev–Trinajstić information content (AvgIpc) is 2.55. The first-order chi connectivity index (χ1) is 10.7. The van der Waals surface area contributed by atoms with Gasteiger partial charge in [0.2, 0.25) is 6.29 Å². The van der Waals surface area contributed by atoms with E-state index >= 15 is 0 Å². The maximum atomic E-state index is 12.5. The molecule has 1 amide bonds. The molecule has 0 aliphatic carbocycles. The van der Waals surface area contributed by atoms with Crippen molar-refractivity contribution in [3.05, 3.63) is 23.8 Å². The fourth-order valence-corrected chi connectivity index (χ4v) is 3.58. The van der Waals surface area contributed by atoms with Crippen LogP contribution in [0.2, 0.25) is 0 Å². The topological polar surface area (TPSA) is 71.0 Å². The zero-order chi connectivity index (χ0) is 15.1. The molecule has 1 aromatic rings. The fraction of sp³-hybridized carbons (Fsp3) is 0.562. The summed E-state index contributed by atoms with van der Waals surface area (Å²) in [5, 5.41) is 12.6. The number of aliphatic hydroxyl groups is 1. The molecule has 3 fully saturated rings. The van der Waals surface area contributed by atoms with Gasteiger partial charge in [-0.1, -0.05) is 0 Å². The highest BCUT2D eigenvalue weighted by Gasteiger charge is 2.35. The third-order valence-corrected chi connectivity index (χ3v) is 4.82. The van der Waals surface area contributed by atoms with Crippen LogP contribution in [-0.2, 0) is 0 Å². The van der Waals surface area contributed by atoms with Crippen LogP contribution in [0.25, 0.3) is 0 Å². The van der Waals surface area contributed by atoms with E-state index in [0.717, 1.165) is 32.5 Å². The number of carbonyl (C=O) groups is 1. The van der Waals surface area contributed by atoms with E-state index in [-0.39, 0.29) is 18.6 Å². The fourth-order valence-electron chi connectivity index (χ4n) is 3.58. The summed E-state index contributed by atoms with van der Waals surface area (Å²) in [5.74, 6) is 1.48. The van der Waals surface area contributed by atoms with E-state index in [4.69, 9.17) is 9.47 Å². The van der Waals surface area contributed by atoms with Gasteiger partial charge < -0.3 is 24.8 Å². The number of nitrogens with one attached hydrogen (secondary N) is 1. The normalized spacial score (nSPS) is 32.6. The zero-order valence-corrected chi connectivity index (χ0v) is 12.3. The summed E-state index contributed by atoms with van der Waals surface area (Å²) in [4.78, 5) is 14.9.